The number of nitrogens with one attached hydrogen (secondary N) is 1. The molecule has 2 amide bonds. The topological polar surface area (TPSA) is 72.2 Å². The first-order chi connectivity index (χ1) is 9.97. The lowest BCUT2D eigenvalue weighted by Crippen LogP contribution is -2.16. The van der Waals surface area contributed by atoms with Crippen molar-refractivity contribution >= 4 is 29.1 Å². The van der Waals surface area contributed by atoms with Crippen LogP contribution < -0.4 is 11.1 Å². The lowest BCUT2D eigenvalue weighted by Gasteiger charge is -2.08. The molecular weight excluding hydrogens is 295 g/mol. The highest BCUT2D eigenvalue weighted by Gasteiger charge is 2.11. The number of rotatable bonds is 4. The molecule has 2 rings (SSSR count). The summed E-state index contributed by atoms with van der Waals surface area (Å²) in [5.41, 5.74) is 5.94. The quantitative estimate of drug-likeness (QED) is 0.911. The Morgan fingerprint density at radius 3 is 2.57 bits per heavy atom. The molecule has 0 saturated carbocycles. The summed E-state index contributed by atoms with van der Waals surface area (Å²) in [4.78, 5) is 23.0. The molecule has 0 spiro atoms. The number of nitrogens with two attached hydrogens (primary N) is 1. The second kappa shape index (κ2) is 6.37. The number of hydrogen-bond acceptors (Lipinski definition) is 2. The van der Waals surface area contributed by atoms with Crippen LogP contribution in [0.1, 0.15) is 15.9 Å². The fourth-order valence-corrected chi connectivity index (χ4v) is 2.02. The fraction of sp³-hybridized carbons (Fsp3) is 0.0667. The van der Waals surface area contributed by atoms with Gasteiger partial charge in [-0.15, -0.1) is 0 Å². The van der Waals surface area contributed by atoms with Gasteiger partial charge in [0, 0.05) is 5.69 Å². The van der Waals surface area contributed by atoms with E-state index in [0.29, 0.717) is 11.3 Å². The zero-order valence-electron chi connectivity index (χ0n) is 10.9. The van der Waals surface area contributed by atoms with E-state index in [2.05, 4.69) is 5.32 Å². The Hall–Kier alpha value is -2.40. The van der Waals surface area contributed by atoms with Gasteiger partial charge in [0.15, 0.2) is 0 Å². The van der Waals surface area contributed by atoms with Crippen LogP contribution in [0.4, 0.5) is 10.1 Å². The lowest BCUT2D eigenvalue weighted by atomic mass is 10.1. The molecule has 4 nitrogen and oxygen atoms in total. The maximum atomic E-state index is 13.5. The molecule has 0 fully saturated rings. The number of anilines is 1. The Labute approximate surface area is 125 Å². The molecule has 0 aliphatic carbocycles. The Bertz CT molecular complexity index is 704. The smallest absolute Gasteiger partial charge is 0.250 e. The number of halogens is 2. The summed E-state index contributed by atoms with van der Waals surface area (Å²) >= 11 is 5.82. The van der Waals surface area contributed by atoms with Gasteiger partial charge in [0.1, 0.15) is 5.82 Å². The molecule has 21 heavy (non-hydrogen) atoms. The summed E-state index contributed by atoms with van der Waals surface area (Å²) in [5.74, 6) is -1.54. The SMILES string of the molecule is NC(=O)c1cc(NC(=O)Cc2ccccc2F)ccc1Cl. The molecule has 0 atom stereocenters. The summed E-state index contributed by atoms with van der Waals surface area (Å²) in [6.07, 6.45) is -0.110. The minimum absolute atomic E-state index is 0.110. The van der Waals surface area contributed by atoms with E-state index in [1.807, 2.05) is 0 Å². The van der Waals surface area contributed by atoms with Crippen molar-refractivity contribution in [2.75, 3.05) is 5.32 Å². The van der Waals surface area contributed by atoms with Crippen LogP contribution in [0.5, 0.6) is 0 Å². The standard InChI is InChI=1S/C15H12ClFN2O2/c16-12-6-5-10(8-11(12)15(18)21)19-14(20)7-9-3-1-2-4-13(9)17/h1-6,8H,7H2,(H2,18,21)(H,19,20). The highest BCUT2D eigenvalue weighted by atomic mass is 35.5. The van der Waals surface area contributed by atoms with Crippen LogP contribution in [0.25, 0.3) is 0 Å². The summed E-state index contributed by atoms with van der Waals surface area (Å²) in [5, 5.41) is 2.77. The molecule has 0 aliphatic rings. The van der Waals surface area contributed by atoms with Gasteiger partial charge in [0.25, 0.3) is 0 Å². The summed E-state index contributed by atoms with van der Waals surface area (Å²) in [6, 6.07) is 10.4. The molecule has 2 aromatic rings. The van der Waals surface area contributed by atoms with Crippen molar-refractivity contribution in [3.63, 3.8) is 0 Å². The van der Waals surface area contributed by atoms with E-state index in [1.54, 1.807) is 12.1 Å². The van der Waals surface area contributed by atoms with E-state index >= 15 is 0 Å². The first-order valence-electron chi connectivity index (χ1n) is 6.10. The van der Waals surface area contributed by atoms with Gasteiger partial charge in [0.2, 0.25) is 11.8 Å². The van der Waals surface area contributed by atoms with E-state index in [0.717, 1.165) is 0 Å². The summed E-state index contributed by atoms with van der Waals surface area (Å²) in [6.45, 7) is 0. The predicted molar refractivity (Wildman–Crippen MR) is 78.7 cm³/mol. The van der Waals surface area contributed by atoms with Crippen LogP contribution >= 0.6 is 11.6 Å². The van der Waals surface area contributed by atoms with Crippen molar-refractivity contribution in [2.45, 2.75) is 6.42 Å². The van der Waals surface area contributed by atoms with Crippen molar-refractivity contribution in [1.29, 1.82) is 0 Å². The Morgan fingerprint density at radius 2 is 1.90 bits per heavy atom. The van der Waals surface area contributed by atoms with E-state index in [-0.39, 0.29) is 17.0 Å². The molecule has 0 radical (unpaired) electrons. The van der Waals surface area contributed by atoms with E-state index in [9.17, 15) is 14.0 Å². The maximum absolute atomic E-state index is 13.5. The largest absolute Gasteiger partial charge is 0.366 e. The van der Waals surface area contributed by atoms with E-state index < -0.39 is 17.6 Å². The number of hydrogen-bond donors (Lipinski definition) is 2. The van der Waals surface area contributed by atoms with Crippen molar-refractivity contribution < 1.29 is 14.0 Å². The van der Waals surface area contributed by atoms with Crippen molar-refractivity contribution in [2.24, 2.45) is 5.73 Å². The van der Waals surface area contributed by atoms with Crippen LogP contribution in [-0.2, 0) is 11.2 Å². The zero-order chi connectivity index (χ0) is 15.4. The molecule has 0 heterocycles. The van der Waals surface area contributed by atoms with Gasteiger partial charge in [-0.3, -0.25) is 9.59 Å². The maximum Gasteiger partial charge on any atom is 0.250 e. The van der Waals surface area contributed by atoms with Gasteiger partial charge in [-0.25, -0.2) is 4.39 Å². The average Bonchev–Trinajstić information content (AvgIpc) is 2.43. The van der Waals surface area contributed by atoms with E-state index in [1.165, 1.54) is 30.3 Å². The van der Waals surface area contributed by atoms with Gasteiger partial charge in [-0.05, 0) is 29.8 Å². The molecule has 108 valence electrons. The molecule has 6 heteroatoms. The monoisotopic (exact) mass is 306 g/mol. The van der Waals surface area contributed by atoms with Crippen LogP contribution in [-0.4, -0.2) is 11.8 Å². The van der Waals surface area contributed by atoms with Gasteiger partial charge in [-0.2, -0.15) is 0 Å². The molecular formula is C15H12ClFN2O2. The summed E-state index contributed by atoms with van der Waals surface area (Å²) < 4.78 is 13.5. The summed E-state index contributed by atoms with van der Waals surface area (Å²) in [7, 11) is 0. The van der Waals surface area contributed by atoms with Crippen molar-refractivity contribution in [3.8, 4) is 0 Å². The van der Waals surface area contributed by atoms with Crippen LogP contribution in [0.15, 0.2) is 42.5 Å². The molecule has 0 bridgehead atoms. The normalized spacial score (nSPS) is 10.2. The van der Waals surface area contributed by atoms with Crippen LogP contribution in [0.2, 0.25) is 5.02 Å². The minimum atomic E-state index is -0.690. The Balaban J connectivity index is 2.12. The van der Waals surface area contributed by atoms with Crippen molar-refractivity contribution in [3.05, 3.63) is 64.4 Å². The fourth-order valence-electron chi connectivity index (χ4n) is 1.81. The highest BCUT2D eigenvalue weighted by molar-refractivity contribution is 6.34. The Kier molecular flexibility index (Phi) is 4.55. The molecule has 0 aromatic heterocycles. The number of amides is 2. The van der Waals surface area contributed by atoms with Gasteiger partial charge in [-0.1, -0.05) is 29.8 Å². The number of benzene rings is 2. The molecule has 2 aromatic carbocycles. The second-order valence-corrected chi connectivity index (χ2v) is 4.78. The second-order valence-electron chi connectivity index (χ2n) is 4.38. The predicted octanol–water partition coefficient (Wildman–Crippen LogP) is 2.76. The lowest BCUT2D eigenvalue weighted by molar-refractivity contribution is -0.115. The highest BCUT2D eigenvalue weighted by Crippen LogP contribution is 2.20. The number of carbonyl (C=O) groups is 2. The molecule has 0 saturated heterocycles. The van der Waals surface area contributed by atoms with Crippen LogP contribution in [0.3, 0.4) is 0 Å². The third kappa shape index (κ3) is 3.79. The third-order valence-corrected chi connectivity index (χ3v) is 3.15. The first kappa shape index (κ1) is 15.0. The molecule has 0 unspecified atom stereocenters. The molecule has 0 aliphatic heterocycles. The number of carbonyl (C=O) groups excluding carboxylic acids is 2. The van der Waals surface area contributed by atoms with Gasteiger partial charge in [0.05, 0.1) is 17.0 Å². The third-order valence-electron chi connectivity index (χ3n) is 2.82. The molecule has 3 N–H and O–H groups in total. The number of primary amides is 1. The average molecular weight is 307 g/mol. The van der Waals surface area contributed by atoms with E-state index in [4.69, 9.17) is 17.3 Å². The van der Waals surface area contributed by atoms with Crippen molar-refractivity contribution in [1.82, 2.24) is 0 Å². The van der Waals surface area contributed by atoms with Gasteiger partial charge < -0.3 is 11.1 Å². The first-order valence-corrected chi connectivity index (χ1v) is 6.48. The zero-order valence-corrected chi connectivity index (χ0v) is 11.7. The Morgan fingerprint density at radius 1 is 1.19 bits per heavy atom. The van der Waals surface area contributed by atoms with Gasteiger partial charge >= 0.3 is 0 Å². The minimum Gasteiger partial charge on any atom is -0.366 e. The van der Waals surface area contributed by atoms with Crippen LogP contribution in [0, 0.1) is 5.82 Å².